The summed E-state index contributed by atoms with van der Waals surface area (Å²) in [7, 11) is 1.59. The maximum atomic E-state index is 13.5. The first-order valence-electron chi connectivity index (χ1n) is 12.5. The van der Waals surface area contributed by atoms with E-state index in [0.29, 0.717) is 48.0 Å². The van der Waals surface area contributed by atoms with Crippen molar-refractivity contribution in [1.82, 2.24) is 5.32 Å². The Morgan fingerprint density at radius 2 is 1.83 bits per heavy atom. The minimum absolute atomic E-state index is 0.0513. The van der Waals surface area contributed by atoms with E-state index in [4.69, 9.17) is 14.2 Å². The number of dihydropyridines is 1. The number of methoxy groups -OCH3 is 1. The van der Waals surface area contributed by atoms with Crippen molar-refractivity contribution in [1.29, 1.82) is 0 Å². The van der Waals surface area contributed by atoms with Crippen molar-refractivity contribution in [2.45, 2.75) is 59.5 Å². The van der Waals surface area contributed by atoms with Crippen LogP contribution in [0, 0.1) is 5.41 Å². The summed E-state index contributed by atoms with van der Waals surface area (Å²) in [6.45, 7) is 8.75. The molecule has 2 aromatic rings. The van der Waals surface area contributed by atoms with E-state index in [9.17, 15) is 9.59 Å². The number of carbonyl (C=O) groups excluding carboxylic acids is 2. The van der Waals surface area contributed by atoms with Crippen molar-refractivity contribution in [3.8, 4) is 11.5 Å². The minimum atomic E-state index is -0.536. The van der Waals surface area contributed by atoms with Gasteiger partial charge in [-0.15, -0.1) is 0 Å². The van der Waals surface area contributed by atoms with Gasteiger partial charge in [-0.2, -0.15) is 0 Å². The second-order valence-corrected chi connectivity index (χ2v) is 10.3. The molecule has 4 rings (SSSR count). The molecule has 0 spiro atoms. The van der Waals surface area contributed by atoms with Gasteiger partial charge in [-0.05, 0) is 48.4 Å². The first-order valence-corrected chi connectivity index (χ1v) is 12.5. The van der Waals surface area contributed by atoms with Crippen molar-refractivity contribution in [3.63, 3.8) is 0 Å². The lowest BCUT2D eigenvalue weighted by molar-refractivity contribution is -0.139. The van der Waals surface area contributed by atoms with Gasteiger partial charge in [0.1, 0.15) is 6.61 Å². The smallest absolute Gasteiger partial charge is 0.336 e. The first-order chi connectivity index (χ1) is 17.2. The topological polar surface area (TPSA) is 73.9 Å². The number of allylic oxidation sites excluding steroid dienone is 3. The zero-order valence-electron chi connectivity index (χ0n) is 21.8. The Hall–Kier alpha value is -3.54. The predicted molar refractivity (Wildman–Crippen MR) is 139 cm³/mol. The Kier molecular flexibility index (Phi) is 7.53. The predicted octanol–water partition coefficient (Wildman–Crippen LogP) is 5.83. The molecule has 0 fully saturated rings. The molecule has 0 saturated heterocycles. The normalized spacial score (nSPS) is 18.9. The third kappa shape index (κ3) is 5.32. The fraction of sp³-hybridized carbons (Fsp3) is 0.400. The lowest BCUT2D eigenvalue weighted by atomic mass is 9.68. The second-order valence-electron chi connectivity index (χ2n) is 10.3. The summed E-state index contributed by atoms with van der Waals surface area (Å²) in [5, 5.41) is 3.37. The molecular formula is C30H35NO5. The van der Waals surface area contributed by atoms with Crippen molar-refractivity contribution < 1.29 is 23.8 Å². The zero-order chi connectivity index (χ0) is 25.9. The van der Waals surface area contributed by atoms with E-state index in [-0.39, 0.29) is 11.2 Å². The highest BCUT2D eigenvalue weighted by molar-refractivity contribution is 6.04. The molecule has 1 N–H and O–H groups in total. The summed E-state index contributed by atoms with van der Waals surface area (Å²) in [6.07, 6.45) is 1.88. The molecule has 0 aromatic heterocycles. The molecule has 0 bridgehead atoms. The molecule has 0 amide bonds. The van der Waals surface area contributed by atoms with Gasteiger partial charge >= 0.3 is 5.97 Å². The molecule has 6 heteroatoms. The molecule has 1 atom stereocenters. The van der Waals surface area contributed by atoms with Crippen molar-refractivity contribution in [3.05, 3.63) is 82.2 Å². The highest BCUT2D eigenvalue weighted by Crippen LogP contribution is 2.48. The van der Waals surface area contributed by atoms with Gasteiger partial charge in [0, 0.05) is 29.3 Å². The van der Waals surface area contributed by atoms with Crippen LogP contribution in [0.15, 0.2) is 71.1 Å². The van der Waals surface area contributed by atoms with E-state index >= 15 is 0 Å². The van der Waals surface area contributed by atoms with Crippen LogP contribution in [0.4, 0.5) is 0 Å². The van der Waals surface area contributed by atoms with E-state index < -0.39 is 11.9 Å². The molecule has 2 aliphatic rings. The minimum Gasteiger partial charge on any atom is -0.493 e. The van der Waals surface area contributed by atoms with Crippen LogP contribution in [0.1, 0.15) is 64.0 Å². The van der Waals surface area contributed by atoms with Crippen LogP contribution in [0.25, 0.3) is 0 Å². The molecule has 1 heterocycles. The summed E-state index contributed by atoms with van der Waals surface area (Å²) in [4.78, 5) is 26.7. The van der Waals surface area contributed by atoms with Crippen LogP contribution < -0.4 is 14.8 Å². The number of nitrogens with one attached hydrogen (secondary N) is 1. The van der Waals surface area contributed by atoms with Gasteiger partial charge in [-0.25, -0.2) is 4.79 Å². The van der Waals surface area contributed by atoms with Crippen molar-refractivity contribution in [2.24, 2.45) is 5.41 Å². The lowest BCUT2D eigenvalue weighted by Crippen LogP contribution is -2.38. The lowest BCUT2D eigenvalue weighted by Gasteiger charge is -2.39. The third-order valence-corrected chi connectivity index (χ3v) is 6.66. The van der Waals surface area contributed by atoms with E-state index in [1.54, 1.807) is 7.11 Å². The van der Waals surface area contributed by atoms with Crippen LogP contribution >= 0.6 is 0 Å². The van der Waals surface area contributed by atoms with Crippen LogP contribution in [-0.2, 0) is 20.9 Å². The van der Waals surface area contributed by atoms with Gasteiger partial charge in [0.2, 0.25) is 0 Å². The summed E-state index contributed by atoms with van der Waals surface area (Å²) in [6, 6.07) is 15.5. The van der Waals surface area contributed by atoms with E-state index in [2.05, 4.69) is 19.2 Å². The fourth-order valence-electron chi connectivity index (χ4n) is 5.03. The van der Waals surface area contributed by atoms with Crippen molar-refractivity contribution in [2.75, 3.05) is 13.7 Å². The Morgan fingerprint density at radius 1 is 1.08 bits per heavy atom. The number of esters is 1. The molecule has 1 aliphatic carbocycles. The maximum absolute atomic E-state index is 13.5. The van der Waals surface area contributed by atoms with Crippen molar-refractivity contribution >= 4 is 11.8 Å². The SMILES string of the molecule is CCCOC(=O)C1=C(C)NC2=C(C(=O)CC(C)(C)C2)[C@H]1c1ccc(OCc2ccccc2)c(OC)c1. The van der Waals surface area contributed by atoms with E-state index in [1.165, 1.54) is 0 Å². The number of rotatable bonds is 8. The number of hydrogen-bond acceptors (Lipinski definition) is 6. The molecule has 0 unspecified atom stereocenters. The molecule has 0 saturated carbocycles. The van der Waals surface area contributed by atoms with Crippen LogP contribution in [0.2, 0.25) is 0 Å². The molecule has 2 aromatic carbocycles. The van der Waals surface area contributed by atoms with Gasteiger partial charge in [-0.1, -0.05) is 57.2 Å². The van der Waals surface area contributed by atoms with Gasteiger partial charge in [-0.3, -0.25) is 4.79 Å². The monoisotopic (exact) mass is 489 g/mol. The summed E-state index contributed by atoms with van der Waals surface area (Å²) < 4.78 is 17.3. The van der Waals surface area contributed by atoms with E-state index in [0.717, 1.165) is 29.7 Å². The quantitative estimate of drug-likeness (QED) is 0.470. The first kappa shape index (κ1) is 25.5. The van der Waals surface area contributed by atoms with E-state index in [1.807, 2.05) is 62.4 Å². The zero-order valence-corrected chi connectivity index (χ0v) is 21.8. The second kappa shape index (κ2) is 10.6. The average Bonchev–Trinajstić information content (AvgIpc) is 2.85. The Bertz CT molecular complexity index is 1210. The standard InChI is InChI=1S/C30H35NO5/c1-6-14-35-29(33)26-19(2)31-22-16-30(3,4)17-23(32)28(22)27(26)21-12-13-24(25(15-21)34-5)36-18-20-10-8-7-9-11-20/h7-13,15,27,31H,6,14,16-18H2,1-5H3/t27-/m0/s1. The number of hydrogen-bond donors (Lipinski definition) is 1. The molecule has 0 radical (unpaired) electrons. The largest absolute Gasteiger partial charge is 0.493 e. The summed E-state index contributed by atoms with van der Waals surface area (Å²) >= 11 is 0. The number of ether oxygens (including phenoxy) is 3. The van der Waals surface area contributed by atoms with Gasteiger partial charge in [0.05, 0.1) is 19.3 Å². The molecular weight excluding hydrogens is 454 g/mol. The molecule has 36 heavy (non-hydrogen) atoms. The summed E-state index contributed by atoms with van der Waals surface area (Å²) in [5.74, 6) is 0.257. The average molecular weight is 490 g/mol. The number of carbonyl (C=O) groups is 2. The maximum Gasteiger partial charge on any atom is 0.336 e. The molecule has 190 valence electrons. The number of ketones is 1. The number of benzene rings is 2. The highest BCUT2D eigenvalue weighted by atomic mass is 16.5. The fourth-order valence-corrected chi connectivity index (χ4v) is 5.03. The summed E-state index contributed by atoms with van der Waals surface area (Å²) in [5.41, 5.74) is 4.40. The Balaban J connectivity index is 1.74. The van der Waals surface area contributed by atoms with Crippen LogP contribution in [0.3, 0.4) is 0 Å². The third-order valence-electron chi connectivity index (χ3n) is 6.66. The Labute approximate surface area is 213 Å². The van der Waals surface area contributed by atoms with Crippen LogP contribution in [-0.4, -0.2) is 25.5 Å². The van der Waals surface area contributed by atoms with Gasteiger partial charge in [0.15, 0.2) is 17.3 Å². The van der Waals surface area contributed by atoms with Crippen LogP contribution in [0.5, 0.6) is 11.5 Å². The van der Waals surface area contributed by atoms with Gasteiger partial charge in [0.25, 0.3) is 0 Å². The Morgan fingerprint density at radius 3 is 2.53 bits per heavy atom. The molecule has 1 aliphatic heterocycles. The number of Topliss-reactive ketones (excluding diaryl/α,β-unsaturated/α-hetero) is 1. The van der Waals surface area contributed by atoms with Gasteiger partial charge < -0.3 is 19.5 Å². The highest BCUT2D eigenvalue weighted by Gasteiger charge is 2.43. The molecule has 6 nitrogen and oxygen atoms in total.